The van der Waals surface area contributed by atoms with Gasteiger partial charge in [-0.3, -0.25) is 19.3 Å². The van der Waals surface area contributed by atoms with E-state index in [0.29, 0.717) is 5.69 Å². The minimum atomic E-state index is -0.594. The third-order valence-electron chi connectivity index (χ3n) is 3.83. The van der Waals surface area contributed by atoms with Gasteiger partial charge in [-0.1, -0.05) is 35.3 Å². The van der Waals surface area contributed by atoms with Crippen molar-refractivity contribution >= 4 is 46.6 Å². The topological polar surface area (TPSA) is 90.3 Å². The summed E-state index contributed by atoms with van der Waals surface area (Å²) in [5, 5.41) is 11.6. The highest BCUT2D eigenvalue weighted by atomic mass is 35.5. The van der Waals surface area contributed by atoms with Gasteiger partial charge in [-0.05, 0) is 29.8 Å². The van der Waals surface area contributed by atoms with Gasteiger partial charge in [0, 0.05) is 5.69 Å². The van der Waals surface area contributed by atoms with Gasteiger partial charge < -0.3 is 5.32 Å². The molecule has 0 unspecified atom stereocenters. The molecule has 0 bridgehead atoms. The molecule has 2 aromatic carbocycles. The van der Waals surface area contributed by atoms with E-state index in [1.165, 1.54) is 12.1 Å². The van der Waals surface area contributed by atoms with Gasteiger partial charge in [0.05, 0.1) is 33.7 Å². The standard InChI is InChI=1S/C18H11Cl2N3O3/c19-14-7-12-13(8-15(14)20)18(26)23(17(12)25)9-16(24)22-11-3-1-10(2-4-11)5-6-21/h1-4,7-8H,5,9H2,(H,22,24). The Morgan fingerprint density at radius 3 is 2.08 bits per heavy atom. The van der Waals surface area contributed by atoms with Gasteiger partial charge in [0.25, 0.3) is 11.8 Å². The molecule has 130 valence electrons. The van der Waals surface area contributed by atoms with Crippen molar-refractivity contribution in [3.63, 3.8) is 0 Å². The van der Waals surface area contributed by atoms with E-state index >= 15 is 0 Å². The maximum atomic E-state index is 12.4. The molecule has 0 aliphatic carbocycles. The molecule has 0 saturated heterocycles. The lowest BCUT2D eigenvalue weighted by Gasteiger charge is -2.13. The monoisotopic (exact) mass is 387 g/mol. The molecule has 1 heterocycles. The number of carbonyl (C=O) groups excluding carboxylic acids is 3. The molecule has 26 heavy (non-hydrogen) atoms. The Morgan fingerprint density at radius 1 is 1.04 bits per heavy atom. The third kappa shape index (κ3) is 3.40. The van der Waals surface area contributed by atoms with Crippen molar-refractivity contribution in [2.75, 3.05) is 11.9 Å². The highest BCUT2D eigenvalue weighted by Gasteiger charge is 2.37. The summed E-state index contributed by atoms with van der Waals surface area (Å²) in [6.45, 7) is -0.429. The van der Waals surface area contributed by atoms with Crippen LogP contribution >= 0.6 is 23.2 Å². The molecule has 0 fully saturated rings. The minimum absolute atomic E-state index is 0.123. The number of hydrogen-bond acceptors (Lipinski definition) is 4. The van der Waals surface area contributed by atoms with Crippen molar-refractivity contribution in [3.8, 4) is 6.07 Å². The van der Waals surface area contributed by atoms with E-state index in [1.54, 1.807) is 24.3 Å². The fourth-order valence-electron chi connectivity index (χ4n) is 2.57. The highest BCUT2D eigenvalue weighted by Crippen LogP contribution is 2.31. The van der Waals surface area contributed by atoms with Crippen LogP contribution in [0.5, 0.6) is 0 Å². The summed E-state index contributed by atoms with van der Waals surface area (Å²) in [6, 6.07) is 11.4. The zero-order valence-electron chi connectivity index (χ0n) is 13.3. The van der Waals surface area contributed by atoms with Crippen LogP contribution in [-0.4, -0.2) is 29.2 Å². The number of nitriles is 1. The first-order valence-electron chi connectivity index (χ1n) is 7.51. The largest absolute Gasteiger partial charge is 0.325 e. The van der Waals surface area contributed by atoms with Gasteiger partial charge in [0.1, 0.15) is 6.54 Å². The number of imide groups is 1. The zero-order valence-corrected chi connectivity index (χ0v) is 14.8. The van der Waals surface area contributed by atoms with E-state index in [2.05, 4.69) is 5.32 Å². The summed E-state index contributed by atoms with van der Waals surface area (Å²) >= 11 is 11.8. The molecule has 0 aromatic heterocycles. The normalized spacial score (nSPS) is 12.7. The lowest BCUT2D eigenvalue weighted by Crippen LogP contribution is -2.37. The minimum Gasteiger partial charge on any atom is -0.325 e. The molecule has 0 radical (unpaired) electrons. The SMILES string of the molecule is N#CCc1ccc(NC(=O)CN2C(=O)c3cc(Cl)c(Cl)cc3C2=O)cc1. The first-order valence-corrected chi connectivity index (χ1v) is 8.27. The van der Waals surface area contributed by atoms with Crippen molar-refractivity contribution in [1.29, 1.82) is 5.26 Å². The average Bonchev–Trinajstić information content (AvgIpc) is 2.82. The fourth-order valence-corrected chi connectivity index (χ4v) is 2.90. The molecule has 1 aliphatic heterocycles. The van der Waals surface area contributed by atoms with Crippen LogP contribution in [0.25, 0.3) is 0 Å². The number of halogens is 2. The average molecular weight is 388 g/mol. The fraction of sp³-hybridized carbons (Fsp3) is 0.111. The smallest absolute Gasteiger partial charge is 0.262 e. The second-order valence-electron chi connectivity index (χ2n) is 5.59. The first kappa shape index (κ1) is 17.9. The molecule has 1 N–H and O–H groups in total. The Morgan fingerprint density at radius 2 is 1.58 bits per heavy atom. The third-order valence-corrected chi connectivity index (χ3v) is 4.56. The van der Waals surface area contributed by atoms with Crippen LogP contribution in [0, 0.1) is 11.3 Å². The second kappa shape index (κ2) is 7.16. The predicted molar refractivity (Wildman–Crippen MR) is 96.2 cm³/mol. The quantitative estimate of drug-likeness (QED) is 0.814. The van der Waals surface area contributed by atoms with E-state index in [1.807, 2.05) is 6.07 Å². The number of hydrogen-bond donors (Lipinski definition) is 1. The molecule has 3 amide bonds. The van der Waals surface area contributed by atoms with E-state index in [-0.39, 0.29) is 27.6 Å². The Hall–Kier alpha value is -2.88. The molecule has 0 atom stereocenters. The maximum absolute atomic E-state index is 12.4. The number of nitrogens with zero attached hydrogens (tertiary/aromatic N) is 2. The van der Waals surface area contributed by atoms with E-state index in [0.717, 1.165) is 10.5 Å². The van der Waals surface area contributed by atoms with Crippen LogP contribution in [0.15, 0.2) is 36.4 Å². The van der Waals surface area contributed by atoms with Crippen molar-refractivity contribution in [2.24, 2.45) is 0 Å². The lowest BCUT2D eigenvalue weighted by molar-refractivity contribution is -0.116. The summed E-state index contributed by atoms with van der Waals surface area (Å²) in [6.07, 6.45) is 0.272. The van der Waals surface area contributed by atoms with Crippen LogP contribution in [0.2, 0.25) is 10.0 Å². The van der Waals surface area contributed by atoms with E-state index < -0.39 is 24.3 Å². The van der Waals surface area contributed by atoms with Gasteiger partial charge in [-0.2, -0.15) is 5.26 Å². The lowest BCUT2D eigenvalue weighted by atomic mass is 10.1. The molecule has 2 aromatic rings. The van der Waals surface area contributed by atoms with Crippen molar-refractivity contribution < 1.29 is 14.4 Å². The van der Waals surface area contributed by atoms with Crippen LogP contribution in [0.4, 0.5) is 5.69 Å². The number of fused-ring (bicyclic) bond motifs is 1. The Labute approximate surface area is 158 Å². The van der Waals surface area contributed by atoms with Crippen LogP contribution in [-0.2, 0) is 11.2 Å². The number of carbonyl (C=O) groups is 3. The molecule has 3 rings (SSSR count). The van der Waals surface area contributed by atoms with Crippen molar-refractivity contribution in [2.45, 2.75) is 6.42 Å². The number of anilines is 1. The van der Waals surface area contributed by atoms with Gasteiger partial charge in [0.2, 0.25) is 5.91 Å². The number of rotatable bonds is 4. The highest BCUT2D eigenvalue weighted by molar-refractivity contribution is 6.43. The molecule has 0 spiro atoms. The number of benzene rings is 2. The molecular formula is C18H11Cl2N3O3. The van der Waals surface area contributed by atoms with Crippen LogP contribution in [0.1, 0.15) is 26.3 Å². The summed E-state index contributed by atoms with van der Waals surface area (Å²) in [5.74, 6) is -1.71. The van der Waals surface area contributed by atoms with E-state index in [9.17, 15) is 14.4 Å². The van der Waals surface area contributed by atoms with Crippen LogP contribution < -0.4 is 5.32 Å². The first-order chi connectivity index (χ1) is 12.4. The molecule has 6 nitrogen and oxygen atoms in total. The maximum Gasteiger partial charge on any atom is 0.262 e. The zero-order chi connectivity index (χ0) is 18.8. The second-order valence-corrected chi connectivity index (χ2v) is 6.40. The molecule has 8 heteroatoms. The number of nitrogens with one attached hydrogen (secondary N) is 1. The van der Waals surface area contributed by atoms with Gasteiger partial charge >= 0.3 is 0 Å². The Balaban J connectivity index is 1.71. The Bertz CT molecular complexity index is 924. The molecular weight excluding hydrogens is 377 g/mol. The summed E-state index contributed by atoms with van der Waals surface area (Å²) in [5.41, 5.74) is 1.56. The van der Waals surface area contributed by atoms with Crippen molar-refractivity contribution in [1.82, 2.24) is 4.90 Å². The van der Waals surface area contributed by atoms with Gasteiger partial charge in [-0.25, -0.2) is 0 Å². The predicted octanol–water partition coefficient (Wildman–Crippen LogP) is 3.29. The number of amides is 3. The van der Waals surface area contributed by atoms with E-state index in [4.69, 9.17) is 28.5 Å². The Kier molecular flexibility index (Phi) is 4.94. The molecule has 0 saturated carbocycles. The van der Waals surface area contributed by atoms with Gasteiger partial charge in [0.15, 0.2) is 0 Å². The van der Waals surface area contributed by atoms with Gasteiger partial charge in [-0.15, -0.1) is 0 Å². The molecule has 1 aliphatic rings. The van der Waals surface area contributed by atoms with Crippen molar-refractivity contribution in [3.05, 3.63) is 63.1 Å². The van der Waals surface area contributed by atoms with Crippen LogP contribution in [0.3, 0.4) is 0 Å². The summed E-state index contributed by atoms with van der Waals surface area (Å²) in [7, 11) is 0. The summed E-state index contributed by atoms with van der Waals surface area (Å²) in [4.78, 5) is 37.8. The summed E-state index contributed by atoms with van der Waals surface area (Å²) < 4.78 is 0.